The van der Waals surface area contributed by atoms with Crippen LogP contribution < -0.4 is 5.32 Å². The molecule has 0 aromatic rings. The van der Waals surface area contributed by atoms with Gasteiger partial charge in [-0.25, -0.2) is 0 Å². The van der Waals surface area contributed by atoms with Crippen LogP contribution in [0.15, 0.2) is 0 Å². The van der Waals surface area contributed by atoms with Crippen LogP contribution in [0, 0.1) is 5.92 Å². The van der Waals surface area contributed by atoms with Gasteiger partial charge in [0.2, 0.25) is 0 Å². The van der Waals surface area contributed by atoms with Crippen LogP contribution in [-0.2, 0) is 14.3 Å². The van der Waals surface area contributed by atoms with Crippen LogP contribution >= 0.6 is 0 Å². The molecule has 1 aliphatic carbocycles. The van der Waals surface area contributed by atoms with Crippen LogP contribution in [-0.4, -0.2) is 38.9 Å². The monoisotopic (exact) mass is 229 g/mol. The van der Waals surface area contributed by atoms with E-state index in [1.807, 2.05) is 6.92 Å². The normalized spacial score (nSPS) is 19.2. The molecule has 0 amide bonds. The number of nitrogens with one attached hydrogen (secondary N) is 1. The summed E-state index contributed by atoms with van der Waals surface area (Å²) in [5.41, 5.74) is -0.631. The highest BCUT2D eigenvalue weighted by atomic mass is 16.5. The maximum atomic E-state index is 11.5. The fourth-order valence-electron chi connectivity index (χ4n) is 1.59. The molecule has 0 aromatic carbocycles. The highest BCUT2D eigenvalue weighted by Crippen LogP contribution is 2.32. The Bertz CT molecular complexity index is 228. The molecule has 1 saturated carbocycles. The number of carbonyl (C=O) groups excluding carboxylic acids is 1. The van der Waals surface area contributed by atoms with Crippen LogP contribution in [0.25, 0.3) is 0 Å². The number of hydrogen-bond acceptors (Lipinski definition) is 4. The second-order valence-electron chi connectivity index (χ2n) is 4.67. The summed E-state index contributed by atoms with van der Waals surface area (Å²) in [6.07, 6.45) is 4.52. The van der Waals surface area contributed by atoms with E-state index in [4.69, 9.17) is 9.47 Å². The molecule has 1 fully saturated rings. The fourth-order valence-corrected chi connectivity index (χ4v) is 1.59. The first-order valence-corrected chi connectivity index (χ1v) is 5.97. The molecule has 0 aliphatic heterocycles. The van der Waals surface area contributed by atoms with Crippen molar-refractivity contribution in [2.24, 2.45) is 5.92 Å². The van der Waals surface area contributed by atoms with Crippen molar-refractivity contribution < 1.29 is 14.3 Å². The molecule has 0 heterocycles. The molecular formula is C12H23NO3. The Kier molecular flexibility index (Phi) is 5.22. The predicted molar refractivity (Wildman–Crippen MR) is 62.3 cm³/mol. The van der Waals surface area contributed by atoms with Gasteiger partial charge in [-0.3, -0.25) is 4.79 Å². The van der Waals surface area contributed by atoms with Crippen molar-refractivity contribution in [2.45, 2.75) is 38.1 Å². The highest BCUT2D eigenvalue weighted by molar-refractivity contribution is 5.80. The van der Waals surface area contributed by atoms with Crippen molar-refractivity contribution in [2.75, 3.05) is 27.4 Å². The minimum absolute atomic E-state index is 0.235. The molecule has 1 atom stereocenters. The van der Waals surface area contributed by atoms with E-state index in [-0.39, 0.29) is 5.97 Å². The highest BCUT2D eigenvalue weighted by Gasteiger charge is 2.32. The standard InChI is InChI=1S/C12H23NO3/c1-12(13-2,11(14)15-3)7-9-16-8-6-10-4-5-10/h10,13H,4-9H2,1-3H3. The van der Waals surface area contributed by atoms with Crippen LogP contribution in [0.4, 0.5) is 0 Å². The molecule has 1 unspecified atom stereocenters. The Labute approximate surface area is 97.7 Å². The predicted octanol–water partition coefficient (Wildman–Crippen LogP) is 1.34. The minimum atomic E-state index is -0.631. The first-order valence-electron chi connectivity index (χ1n) is 5.97. The molecule has 1 aliphatic rings. The second-order valence-corrected chi connectivity index (χ2v) is 4.67. The second kappa shape index (κ2) is 6.21. The smallest absolute Gasteiger partial charge is 0.325 e. The first-order chi connectivity index (χ1) is 7.62. The quantitative estimate of drug-likeness (QED) is 0.504. The van der Waals surface area contributed by atoms with Gasteiger partial charge in [0, 0.05) is 13.2 Å². The summed E-state index contributed by atoms with van der Waals surface area (Å²) in [5, 5.41) is 2.99. The molecule has 0 spiro atoms. The Morgan fingerprint density at radius 3 is 2.62 bits per heavy atom. The lowest BCUT2D eigenvalue weighted by molar-refractivity contribution is -0.148. The summed E-state index contributed by atoms with van der Waals surface area (Å²) in [6, 6.07) is 0. The van der Waals surface area contributed by atoms with E-state index >= 15 is 0 Å². The number of esters is 1. The Balaban J connectivity index is 2.13. The Morgan fingerprint density at radius 1 is 1.44 bits per heavy atom. The molecule has 1 N–H and O–H groups in total. The van der Waals surface area contributed by atoms with Crippen LogP contribution in [0.1, 0.15) is 32.6 Å². The summed E-state index contributed by atoms with van der Waals surface area (Å²) in [7, 11) is 3.17. The molecule has 0 aromatic heterocycles. The molecule has 0 bridgehead atoms. The fraction of sp³-hybridized carbons (Fsp3) is 0.917. The van der Waals surface area contributed by atoms with Gasteiger partial charge in [0.1, 0.15) is 5.54 Å². The van der Waals surface area contributed by atoms with E-state index in [0.717, 1.165) is 18.9 Å². The lowest BCUT2D eigenvalue weighted by atomic mass is 9.99. The maximum Gasteiger partial charge on any atom is 0.325 e. The molecule has 4 nitrogen and oxygen atoms in total. The lowest BCUT2D eigenvalue weighted by Crippen LogP contribution is -2.49. The van der Waals surface area contributed by atoms with E-state index in [9.17, 15) is 4.79 Å². The summed E-state index contributed by atoms with van der Waals surface area (Å²) in [5.74, 6) is 0.664. The van der Waals surface area contributed by atoms with E-state index in [1.165, 1.54) is 20.0 Å². The summed E-state index contributed by atoms with van der Waals surface area (Å²) < 4.78 is 10.3. The van der Waals surface area contributed by atoms with Gasteiger partial charge in [-0.2, -0.15) is 0 Å². The van der Waals surface area contributed by atoms with Crippen molar-refractivity contribution in [3.8, 4) is 0 Å². The van der Waals surface area contributed by atoms with Crippen molar-refractivity contribution in [3.63, 3.8) is 0 Å². The topological polar surface area (TPSA) is 47.6 Å². The van der Waals surface area contributed by atoms with E-state index in [0.29, 0.717) is 13.0 Å². The summed E-state index contributed by atoms with van der Waals surface area (Å²) in [4.78, 5) is 11.5. The van der Waals surface area contributed by atoms with Crippen molar-refractivity contribution >= 4 is 5.97 Å². The molecular weight excluding hydrogens is 206 g/mol. The van der Waals surface area contributed by atoms with E-state index in [2.05, 4.69) is 5.32 Å². The third kappa shape index (κ3) is 4.10. The molecule has 1 rings (SSSR count). The van der Waals surface area contributed by atoms with Gasteiger partial charge in [-0.15, -0.1) is 0 Å². The minimum Gasteiger partial charge on any atom is -0.468 e. The summed E-state index contributed by atoms with van der Waals surface area (Å²) >= 11 is 0. The van der Waals surface area contributed by atoms with Crippen LogP contribution in [0.2, 0.25) is 0 Å². The van der Waals surface area contributed by atoms with Gasteiger partial charge in [-0.05, 0) is 32.7 Å². The average Bonchev–Trinajstić information content (AvgIpc) is 3.11. The van der Waals surface area contributed by atoms with Gasteiger partial charge in [-0.1, -0.05) is 12.8 Å². The van der Waals surface area contributed by atoms with Crippen molar-refractivity contribution in [1.29, 1.82) is 0 Å². The van der Waals surface area contributed by atoms with Gasteiger partial charge in [0.15, 0.2) is 0 Å². The number of hydrogen-bond donors (Lipinski definition) is 1. The number of carbonyl (C=O) groups is 1. The third-order valence-corrected chi connectivity index (χ3v) is 3.30. The van der Waals surface area contributed by atoms with Gasteiger partial charge in [0.25, 0.3) is 0 Å². The Hall–Kier alpha value is -0.610. The van der Waals surface area contributed by atoms with Crippen molar-refractivity contribution in [3.05, 3.63) is 0 Å². The first kappa shape index (κ1) is 13.5. The Morgan fingerprint density at radius 2 is 2.12 bits per heavy atom. The third-order valence-electron chi connectivity index (χ3n) is 3.30. The van der Waals surface area contributed by atoms with Gasteiger partial charge >= 0.3 is 5.97 Å². The van der Waals surface area contributed by atoms with E-state index in [1.54, 1.807) is 7.05 Å². The lowest BCUT2D eigenvalue weighted by Gasteiger charge is -2.25. The number of methoxy groups -OCH3 is 1. The van der Waals surface area contributed by atoms with Gasteiger partial charge < -0.3 is 14.8 Å². The zero-order valence-corrected chi connectivity index (χ0v) is 10.5. The zero-order valence-electron chi connectivity index (χ0n) is 10.5. The molecule has 16 heavy (non-hydrogen) atoms. The molecule has 0 saturated heterocycles. The van der Waals surface area contributed by atoms with Crippen LogP contribution in [0.5, 0.6) is 0 Å². The molecule has 0 radical (unpaired) electrons. The number of ether oxygens (including phenoxy) is 2. The number of likely N-dealkylation sites (N-methyl/N-ethyl adjacent to an activating group) is 1. The van der Waals surface area contributed by atoms with Crippen LogP contribution in [0.3, 0.4) is 0 Å². The zero-order chi connectivity index (χ0) is 12.0. The largest absolute Gasteiger partial charge is 0.468 e. The van der Waals surface area contributed by atoms with Gasteiger partial charge in [0.05, 0.1) is 7.11 Å². The SMILES string of the molecule is CNC(C)(CCOCCC1CC1)C(=O)OC. The molecule has 94 valence electrons. The summed E-state index contributed by atoms with van der Waals surface area (Å²) in [6.45, 7) is 3.24. The number of rotatable bonds is 8. The average molecular weight is 229 g/mol. The molecule has 4 heteroatoms. The van der Waals surface area contributed by atoms with Crippen molar-refractivity contribution in [1.82, 2.24) is 5.32 Å². The van der Waals surface area contributed by atoms with E-state index < -0.39 is 5.54 Å². The maximum absolute atomic E-state index is 11.5.